The van der Waals surface area contributed by atoms with Gasteiger partial charge in [-0.2, -0.15) is 0 Å². The SMILES string of the molecule is [2H]c1c([2H])c([2H])c(-c2ccc3c(c2)N(c2c(-c4ccccc4)cc(C(C)(C)C)cc2-c2ccccc2)c2c4c(cc5c2c2cccc6c7ccccc7c7ccccc7c7ccccc7n5c62)N(c2ccc(-c5ccccc5)cc2)c2cc(-n5c6ccc(C(C)(C)C)cc6c6cc(C(C)(C)C)ccc65)ccc2B34)c([2H])c1[2H]. The maximum Gasteiger partial charge on any atom is 0.252 e. The molecule has 0 atom stereocenters. The Bertz CT molecular complexity index is 6900. The third-order valence-electron chi connectivity index (χ3n) is 23.0. The average Bonchev–Trinajstić information content (AvgIpc) is 1.34. The van der Waals surface area contributed by atoms with Crippen molar-refractivity contribution >= 4 is 139 Å². The smallest absolute Gasteiger partial charge is 0.252 e. The number of aromatic nitrogens is 2. The number of rotatable bonds is 7. The van der Waals surface area contributed by atoms with E-state index in [2.05, 4.69) is 372 Å². The summed E-state index contributed by atoms with van der Waals surface area (Å²) in [6.07, 6.45) is 0. The van der Waals surface area contributed by atoms with E-state index in [1.165, 1.54) is 21.9 Å². The first kappa shape index (κ1) is 58.9. The molecule has 107 heavy (non-hydrogen) atoms. The second-order valence-electron chi connectivity index (χ2n) is 32.4. The van der Waals surface area contributed by atoms with Gasteiger partial charge in [0.25, 0.3) is 6.71 Å². The molecule has 20 rings (SSSR count). The Labute approximate surface area is 633 Å². The number of anilines is 6. The second-order valence-corrected chi connectivity index (χ2v) is 32.4. The van der Waals surface area contributed by atoms with Gasteiger partial charge in [0.2, 0.25) is 0 Å². The molecule has 0 saturated carbocycles. The topological polar surface area (TPSA) is 15.8 Å². The molecule has 0 fully saturated rings. The molecule has 0 bridgehead atoms. The summed E-state index contributed by atoms with van der Waals surface area (Å²) in [6, 6.07) is 108. The fourth-order valence-corrected chi connectivity index (χ4v) is 17.7. The number of fused-ring (bicyclic) bond motifs is 18. The van der Waals surface area contributed by atoms with Crippen LogP contribution in [0.4, 0.5) is 34.1 Å². The molecule has 18 aromatic rings. The van der Waals surface area contributed by atoms with E-state index >= 15 is 0 Å². The van der Waals surface area contributed by atoms with Crippen molar-refractivity contribution in [1.29, 1.82) is 0 Å². The molecule has 4 nitrogen and oxygen atoms in total. The van der Waals surface area contributed by atoms with Gasteiger partial charge in [-0.1, -0.05) is 311 Å². The van der Waals surface area contributed by atoms with Gasteiger partial charge in [-0.05, 0) is 183 Å². The molecular weight excluding hydrogens is 1290 g/mol. The summed E-state index contributed by atoms with van der Waals surface area (Å²) in [4.78, 5) is 5.12. The number of hydrogen-bond acceptors (Lipinski definition) is 2. The molecular formula is C102H81BN4. The summed E-state index contributed by atoms with van der Waals surface area (Å²) in [5.41, 5.74) is 25.3. The van der Waals surface area contributed by atoms with E-state index in [1.807, 2.05) is 6.07 Å². The van der Waals surface area contributed by atoms with E-state index in [-0.39, 0.29) is 46.0 Å². The first-order valence-electron chi connectivity index (χ1n) is 40.0. The lowest BCUT2D eigenvalue weighted by atomic mass is 9.33. The van der Waals surface area contributed by atoms with Gasteiger partial charge in [-0.15, -0.1) is 0 Å². The van der Waals surface area contributed by atoms with Gasteiger partial charge in [0, 0.05) is 71.9 Å². The van der Waals surface area contributed by atoms with Crippen LogP contribution in [0.5, 0.6) is 0 Å². The van der Waals surface area contributed by atoms with E-state index in [0.717, 1.165) is 166 Å². The fraction of sp³-hybridized carbons (Fsp3) is 0.118. The van der Waals surface area contributed by atoms with Crippen LogP contribution in [0, 0.1) is 0 Å². The zero-order valence-electron chi connectivity index (χ0n) is 66.7. The monoisotopic (exact) mass is 1380 g/mol. The van der Waals surface area contributed by atoms with Crippen LogP contribution >= 0.6 is 0 Å². The standard InChI is InChI=1S/C102H81BN4/c1-100(2,3)70-48-55-89-84(58-70)85-59-71(101(4,5)6)49-56-90(85)105(89)74-52-54-87-92(62-74)104(73-50-45-66(46-51-73)64-29-14-10-15-30-64)94-63-93-95(81-43-28-42-80-78-40-25-23-38-76(78)75-37-22-24-39-77(75)79-41-26-27-44-88(79)106(93)97(80)81)99-96(94)103(87)86-53-47-69(65-31-16-11-17-32-65)57-91(86)107(99)98-82(67-33-18-12-19-34-67)60-72(102(7,8)9)61-83(98)68-35-20-13-21-36-68/h10-63H,1-9H3/i11D,16D,17D,31D,32D. The highest BCUT2D eigenvalue weighted by molar-refractivity contribution is 7.00. The fourth-order valence-electron chi connectivity index (χ4n) is 17.7. The zero-order valence-corrected chi connectivity index (χ0v) is 61.7. The Hall–Kier alpha value is -12.4. The summed E-state index contributed by atoms with van der Waals surface area (Å²) in [5.74, 6) is 0. The lowest BCUT2D eigenvalue weighted by Gasteiger charge is -2.45. The molecule has 0 saturated heterocycles. The Morgan fingerprint density at radius 3 is 1.34 bits per heavy atom. The van der Waals surface area contributed by atoms with Crippen molar-refractivity contribution < 1.29 is 6.85 Å². The van der Waals surface area contributed by atoms with Gasteiger partial charge in [-0.25, -0.2) is 0 Å². The minimum atomic E-state index is -0.477. The summed E-state index contributed by atoms with van der Waals surface area (Å²) in [6.45, 7) is 20.2. The van der Waals surface area contributed by atoms with E-state index < -0.39 is 12.8 Å². The quantitative estimate of drug-likeness (QED) is 0.148. The van der Waals surface area contributed by atoms with E-state index in [1.54, 1.807) is 0 Å². The third kappa shape index (κ3) is 10.1. The van der Waals surface area contributed by atoms with Crippen molar-refractivity contribution in [3.63, 3.8) is 0 Å². The van der Waals surface area contributed by atoms with Crippen molar-refractivity contribution in [3.8, 4) is 50.2 Å². The summed E-state index contributed by atoms with van der Waals surface area (Å²) in [5, 5.41) is 11.2. The van der Waals surface area contributed by atoms with Crippen molar-refractivity contribution in [3.05, 3.63) is 344 Å². The Kier molecular flexibility index (Phi) is 13.2. The third-order valence-corrected chi connectivity index (χ3v) is 23.0. The molecule has 0 radical (unpaired) electrons. The van der Waals surface area contributed by atoms with Crippen molar-refractivity contribution in [2.75, 3.05) is 9.80 Å². The van der Waals surface area contributed by atoms with Gasteiger partial charge in [0.1, 0.15) is 0 Å². The van der Waals surface area contributed by atoms with Gasteiger partial charge in [0.05, 0.1) is 45.8 Å². The van der Waals surface area contributed by atoms with Crippen LogP contribution in [0.3, 0.4) is 0 Å². The Balaban J connectivity index is 1.03. The zero-order chi connectivity index (χ0) is 76.7. The number of hydrogen-bond donors (Lipinski definition) is 0. The van der Waals surface area contributed by atoms with Crippen LogP contribution < -0.4 is 26.2 Å². The molecule has 15 aromatic carbocycles. The van der Waals surface area contributed by atoms with Crippen LogP contribution in [0.15, 0.2) is 327 Å². The van der Waals surface area contributed by atoms with Crippen LogP contribution in [-0.4, -0.2) is 15.7 Å². The molecule has 0 aliphatic carbocycles. The first-order chi connectivity index (χ1) is 54.1. The number of para-hydroxylation sites is 2. The lowest BCUT2D eigenvalue weighted by molar-refractivity contribution is 0.590. The minimum Gasteiger partial charge on any atom is -0.311 e. The van der Waals surface area contributed by atoms with E-state index in [4.69, 9.17) is 1.37 Å². The highest BCUT2D eigenvalue weighted by Crippen LogP contribution is 2.56. The summed E-state index contributed by atoms with van der Waals surface area (Å²) in [7, 11) is 0. The summed E-state index contributed by atoms with van der Waals surface area (Å²) >= 11 is 0. The number of nitrogens with zero attached hydrogens (tertiary/aromatic N) is 4. The van der Waals surface area contributed by atoms with E-state index in [0.29, 0.717) is 5.56 Å². The molecule has 0 unspecified atom stereocenters. The Morgan fingerprint density at radius 1 is 0.290 bits per heavy atom. The van der Waals surface area contributed by atoms with Gasteiger partial charge in [-0.3, -0.25) is 0 Å². The van der Waals surface area contributed by atoms with E-state index in [9.17, 15) is 5.48 Å². The molecule has 0 amide bonds. The first-order valence-corrected chi connectivity index (χ1v) is 37.5. The van der Waals surface area contributed by atoms with Crippen LogP contribution in [0.25, 0.3) is 132 Å². The average molecular weight is 1380 g/mol. The molecule has 0 N–H and O–H groups in total. The van der Waals surface area contributed by atoms with Gasteiger partial charge < -0.3 is 18.8 Å². The van der Waals surface area contributed by atoms with Crippen molar-refractivity contribution in [2.24, 2.45) is 0 Å². The molecule has 5 heterocycles. The normalized spacial score (nSPS) is 13.7. The highest BCUT2D eigenvalue weighted by Gasteiger charge is 2.47. The largest absolute Gasteiger partial charge is 0.311 e. The van der Waals surface area contributed by atoms with Crippen LogP contribution in [0.2, 0.25) is 0 Å². The molecule has 2 aliphatic heterocycles. The lowest BCUT2D eigenvalue weighted by Crippen LogP contribution is -2.61. The maximum atomic E-state index is 9.81. The van der Waals surface area contributed by atoms with Crippen LogP contribution in [0.1, 0.15) is 85.9 Å². The van der Waals surface area contributed by atoms with Crippen LogP contribution in [-0.2, 0) is 16.2 Å². The highest BCUT2D eigenvalue weighted by atomic mass is 15.2. The predicted molar refractivity (Wildman–Crippen MR) is 460 cm³/mol. The molecule has 0 spiro atoms. The molecule has 3 aromatic heterocycles. The maximum absolute atomic E-state index is 9.81. The number of benzene rings is 15. The Morgan fingerprint density at radius 2 is 0.757 bits per heavy atom. The minimum absolute atomic E-state index is 0.103. The van der Waals surface area contributed by atoms with Gasteiger partial charge in [0.15, 0.2) is 0 Å². The second kappa shape index (κ2) is 24.1. The molecule has 5 heteroatoms. The molecule has 512 valence electrons. The van der Waals surface area contributed by atoms with Crippen molar-refractivity contribution in [1.82, 2.24) is 8.97 Å². The predicted octanol–water partition coefficient (Wildman–Crippen LogP) is 26.0. The summed E-state index contributed by atoms with van der Waals surface area (Å²) < 4.78 is 52.2. The van der Waals surface area contributed by atoms with Crippen molar-refractivity contribution in [2.45, 2.75) is 78.6 Å². The van der Waals surface area contributed by atoms with Gasteiger partial charge >= 0.3 is 0 Å². The molecule has 2 aliphatic rings.